The fourth-order valence-electron chi connectivity index (χ4n) is 2.69. The minimum atomic E-state index is -0.590. The molecule has 0 aliphatic rings. The Morgan fingerprint density at radius 1 is 0.964 bits per heavy atom. The first-order valence-electron chi connectivity index (χ1n) is 8.92. The largest absolute Gasteiger partial charge is 0.508 e. The maximum Gasteiger partial charge on any atom is 0.338 e. The number of ether oxygens (including phenoxy) is 1. The van der Waals surface area contributed by atoms with Crippen LogP contribution >= 0.6 is 11.3 Å². The smallest absolute Gasteiger partial charge is 0.338 e. The highest BCUT2D eigenvalue weighted by molar-refractivity contribution is 7.09. The van der Waals surface area contributed by atoms with E-state index in [9.17, 15) is 14.7 Å². The molecule has 0 bridgehead atoms. The maximum absolute atomic E-state index is 12.7. The molecule has 0 aliphatic carbocycles. The molecule has 0 spiro atoms. The summed E-state index contributed by atoms with van der Waals surface area (Å²) in [6.45, 7) is 0.706. The molecule has 1 heterocycles. The number of phenolic OH excluding ortho intramolecular Hbond substituents is 1. The SMILES string of the molecule is O=C(OCC(=O)N(CCc1ccccc1)Cc1cccs1)c1ccc(O)cc1. The summed E-state index contributed by atoms with van der Waals surface area (Å²) in [4.78, 5) is 27.6. The average molecular weight is 395 g/mol. The highest BCUT2D eigenvalue weighted by atomic mass is 32.1. The third-order valence-corrected chi connectivity index (χ3v) is 5.08. The van der Waals surface area contributed by atoms with Crippen LogP contribution in [0.3, 0.4) is 0 Å². The molecule has 0 radical (unpaired) electrons. The molecule has 1 N–H and O–H groups in total. The number of nitrogens with zero attached hydrogens (tertiary/aromatic N) is 1. The molecule has 5 nitrogen and oxygen atoms in total. The van der Waals surface area contributed by atoms with Crippen LogP contribution in [0.4, 0.5) is 0 Å². The van der Waals surface area contributed by atoms with Crippen LogP contribution in [0.25, 0.3) is 0 Å². The number of aromatic hydroxyl groups is 1. The first kappa shape index (κ1) is 19.6. The summed E-state index contributed by atoms with van der Waals surface area (Å²) in [5.74, 6) is -0.764. The van der Waals surface area contributed by atoms with Gasteiger partial charge in [0.2, 0.25) is 0 Å². The summed E-state index contributed by atoms with van der Waals surface area (Å²) in [6, 6.07) is 19.6. The Balaban J connectivity index is 1.60. The second kappa shape index (κ2) is 9.71. The molecule has 0 unspecified atom stereocenters. The van der Waals surface area contributed by atoms with E-state index < -0.39 is 5.97 Å². The second-order valence-electron chi connectivity index (χ2n) is 6.25. The van der Waals surface area contributed by atoms with Gasteiger partial charge in [-0.15, -0.1) is 11.3 Å². The van der Waals surface area contributed by atoms with Crippen LogP contribution in [0.15, 0.2) is 72.1 Å². The quantitative estimate of drug-likeness (QED) is 0.588. The van der Waals surface area contributed by atoms with Gasteiger partial charge in [0, 0.05) is 11.4 Å². The van der Waals surface area contributed by atoms with Gasteiger partial charge in [0.25, 0.3) is 5.91 Å². The Hall–Kier alpha value is -3.12. The van der Waals surface area contributed by atoms with Crippen LogP contribution < -0.4 is 0 Å². The number of rotatable bonds is 8. The molecule has 6 heteroatoms. The van der Waals surface area contributed by atoms with Crippen LogP contribution in [0.2, 0.25) is 0 Å². The molecular formula is C22H21NO4S. The van der Waals surface area contributed by atoms with Gasteiger partial charge < -0.3 is 14.7 Å². The number of hydrogen-bond donors (Lipinski definition) is 1. The van der Waals surface area contributed by atoms with Crippen LogP contribution in [0, 0.1) is 0 Å². The topological polar surface area (TPSA) is 66.8 Å². The lowest BCUT2D eigenvalue weighted by Gasteiger charge is -2.22. The molecule has 0 aliphatic heterocycles. The lowest BCUT2D eigenvalue weighted by Crippen LogP contribution is -2.35. The first-order valence-corrected chi connectivity index (χ1v) is 9.80. The van der Waals surface area contributed by atoms with Crippen molar-refractivity contribution in [2.75, 3.05) is 13.2 Å². The Morgan fingerprint density at radius 2 is 1.71 bits per heavy atom. The van der Waals surface area contributed by atoms with Crippen molar-refractivity contribution in [2.24, 2.45) is 0 Å². The van der Waals surface area contributed by atoms with Crippen LogP contribution in [0.5, 0.6) is 5.75 Å². The molecule has 144 valence electrons. The number of benzene rings is 2. The number of thiophene rings is 1. The normalized spacial score (nSPS) is 10.4. The van der Waals surface area contributed by atoms with Crippen LogP contribution in [-0.2, 0) is 22.5 Å². The predicted molar refractivity (Wildman–Crippen MR) is 108 cm³/mol. The maximum atomic E-state index is 12.7. The number of amides is 1. The van der Waals surface area contributed by atoms with Gasteiger partial charge in [-0.1, -0.05) is 36.4 Å². The van der Waals surface area contributed by atoms with Gasteiger partial charge >= 0.3 is 5.97 Å². The Kier molecular flexibility index (Phi) is 6.81. The zero-order chi connectivity index (χ0) is 19.8. The molecule has 0 saturated carbocycles. The van der Waals surface area contributed by atoms with Gasteiger partial charge in [-0.05, 0) is 47.7 Å². The van der Waals surface area contributed by atoms with E-state index in [1.54, 1.807) is 16.2 Å². The summed E-state index contributed by atoms with van der Waals surface area (Å²) in [6.07, 6.45) is 0.726. The van der Waals surface area contributed by atoms with Crippen molar-refractivity contribution >= 4 is 23.2 Å². The zero-order valence-electron chi connectivity index (χ0n) is 15.3. The van der Waals surface area contributed by atoms with Gasteiger partial charge in [0.05, 0.1) is 12.1 Å². The third kappa shape index (κ3) is 5.69. The van der Waals surface area contributed by atoms with Crippen molar-refractivity contribution in [1.29, 1.82) is 0 Å². The minimum absolute atomic E-state index is 0.0654. The molecule has 0 atom stereocenters. The fraction of sp³-hybridized carbons (Fsp3) is 0.182. The van der Waals surface area contributed by atoms with Crippen molar-refractivity contribution in [3.05, 3.63) is 88.1 Å². The summed E-state index contributed by atoms with van der Waals surface area (Å²) in [7, 11) is 0. The zero-order valence-corrected chi connectivity index (χ0v) is 16.1. The van der Waals surface area contributed by atoms with Crippen molar-refractivity contribution in [2.45, 2.75) is 13.0 Å². The summed E-state index contributed by atoms with van der Waals surface area (Å²) in [5.41, 5.74) is 1.44. The number of carbonyl (C=O) groups excluding carboxylic acids is 2. The van der Waals surface area contributed by atoms with E-state index in [-0.39, 0.29) is 18.3 Å². The lowest BCUT2D eigenvalue weighted by molar-refractivity contribution is -0.135. The Labute approximate surface area is 167 Å². The number of esters is 1. The summed E-state index contributed by atoms with van der Waals surface area (Å²) in [5, 5.41) is 11.3. The molecule has 2 aromatic carbocycles. The average Bonchev–Trinajstić information content (AvgIpc) is 3.23. The summed E-state index contributed by atoms with van der Waals surface area (Å²) < 4.78 is 5.17. The molecule has 0 fully saturated rings. The third-order valence-electron chi connectivity index (χ3n) is 4.22. The second-order valence-corrected chi connectivity index (χ2v) is 7.29. The molecule has 28 heavy (non-hydrogen) atoms. The minimum Gasteiger partial charge on any atom is -0.508 e. The number of hydrogen-bond acceptors (Lipinski definition) is 5. The van der Waals surface area contributed by atoms with E-state index in [1.807, 2.05) is 47.8 Å². The van der Waals surface area contributed by atoms with Gasteiger partial charge in [0.1, 0.15) is 5.75 Å². The fourth-order valence-corrected chi connectivity index (χ4v) is 3.41. The molecule has 1 aromatic heterocycles. The number of phenols is 1. The van der Waals surface area contributed by atoms with E-state index in [0.29, 0.717) is 18.7 Å². The molecule has 3 rings (SSSR count). The highest BCUT2D eigenvalue weighted by Crippen LogP contribution is 2.14. The van der Waals surface area contributed by atoms with Gasteiger partial charge in [-0.2, -0.15) is 0 Å². The highest BCUT2D eigenvalue weighted by Gasteiger charge is 2.17. The van der Waals surface area contributed by atoms with E-state index in [0.717, 1.165) is 16.9 Å². The van der Waals surface area contributed by atoms with E-state index >= 15 is 0 Å². The van der Waals surface area contributed by atoms with Crippen molar-refractivity contribution in [1.82, 2.24) is 4.90 Å². The predicted octanol–water partition coefficient (Wildman–Crippen LogP) is 3.88. The molecule has 0 saturated heterocycles. The Bertz CT molecular complexity index is 892. The van der Waals surface area contributed by atoms with Gasteiger partial charge in [-0.3, -0.25) is 4.79 Å². The van der Waals surface area contributed by atoms with E-state index in [2.05, 4.69) is 0 Å². The van der Waals surface area contributed by atoms with Crippen molar-refractivity contribution in [3.8, 4) is 5.75 Å². The van der Waals surface area contributed by atoms with Crippen molar-refractivity contribution in [3.63, 3.8) is 0 Å². The molecule has 1 amide bonds. The summed E-state index contributed by atoms with van der Waals surface area (Å²) >= 11 is 1.59. The first-order chi connectivity index (χ1) is 13.6. The lowest BCUT2D eigenvalue weighted by atomic mass is 10.1. The van der Waals surface area contributed by atoms with Crippen LogP contribution in [-0.4, -0.2) is 35.0 Å². The Morgan fingerprint density at radius 3 is 2.39 bits per heavy atom. The molecular weight excluding hydrogens is 374 g/mol. The monoisotopic (exact) mass is 395 g/mol. The van der Waals surface area contributed by atoms with Gasteiger partial charge in [-0.25, -0.2) is 4.79 Å². The van der Waals surface area contributed by atoms with Crippen LogP contribution in [0.1, 0.15) is 20.8 Å². The van der Waals surface area contributed by atoms with E-state index in [1.165, 1.54) is 24.3 Å². The van der Waals surface area contributed by atoms with Gasteiger partial charge in [0.15, 0.2) is 6.61 Å². The molecule has 3 aromatic rings. The number of carbonyl (C=O) groups is 2. The van der Waals surface area contributed by atoms with E-state index in [4.69, 9.17) is 4.74 Å². The van der Waals surface area contributed by atoms with Crippen molar-refractivity contribution < 1.29 is 19.4 Å². The standard InChI is InChI=1S/C22H21NO4S/c24-19-10-8-18(9-11-19)22(26)27-16-21(25)23(15-20-7-4-14-28-20)13-12-17-5-2-1-3-6-17/h1-11,14,24H,12-13,15-16H2.